The Morgan fingerprint density at radius 3 is 2.59 bits per heavy atom. The molecule has 2 heterocycles. The molecule has 2 aromatic rings. The molecular weight excluding hydrogens is 533 g/mol. The second-order valence-electron chi connectivity index (χ2n) is 9.11. The fourth-order valence-electron chi connectivity index (χ4n) is 3.86. The zero-order valence-corrected chi connectivity index (χ0v) is 22.6. The summed E-state index contributed by atoms with van der Waals surface area (Å²) in [4.78, 5) is 38.4. The van der Waals surface area contributed by atoms with Gasteiger partial charge in [-0.15, -0.1) is 6.42 Å². The first-order valence-corrected chi connectivity index (χ1v) is 13.8. The van der Waals surface area contributed by atoms with E-state index in [0.29, 0.717) is 6.42 Å². The van der Waals surface area contributed by atoms with Crippen molar-refractivity contribution in [2.45, 2.75) is 69.8 Å². The molecule has 39 heavy (non-hydrogen) atoms. The summed E-state index contributed by atoms with van der Waals surface area (Å²) >= 11 is 0. The number of aromatic amines is 1. The predicted octanol–water partition coefficient (Wildman–Crippen LogP) is 1.07. The van der Waals surface area contributed by atoms with Crippen LogP contribution in [0.2, 0.25) is 0 Å². The monoisotopic (exact) mass is 565 g/mol. The van der Waals surface area contributed by atoms with Crippen molar-refractivity contribution in [2.75, 3.05) is 6.61 Å². The van der Waals surface area contributed by atoms with Crippen LogP contribution in [0.4, 0.5) is 0 Å². The van der Waals surface area contributed by atoms with Gasteiger partial charge < -0.3 is 24.2 Å². The van der Waals surface area contributed by atoms with Crippen molar-refractivity contribution in [1.82, 2.24) is 14.6 Å². The van der Waals surface area contributed by atoms with Crippen LogP contribution >= 0.6 is 7.75 Å². The number of aromatic nitrogens is 2. The van der Waals surface area contributed by atoms with E-state index in [2.05, 4.69) is 5.09 Å². The van der Waals surface area contributed by atoms with Crippen LogP contribution in [0.15, 0.2) is 52.2 Å². The number of carbonyl (C=O) groups excluding carboxylic acids is 1. The van der Waals surface area contributed by atoms with Gasteiger partial charge in [-0.05, 0) is 32.4 Å². The minimum absolute atomic E-state index is 0.159. The Morgan fingerprint density at radius 2 is 2.00 bits per heavy atom. The predicted molar refractivity (Wildman–Crippen MR) is 139 cm³/mol. The van der Waals surface area contributed by atoms with Crippen molar-refractivity contribution >= 4 is 13.7 Å². The van der Waals surface area contributed by atoms with E-state index in [0.717, 1.165) is 16.8 Å². The van der Waals surface area contributed by atoms with Crippen LogP contribution in [0, 0.1) is 12.3 Å². The van der Waals surface area contributed by atoms with Gasteiger partial charge in [0.25, 0.3) is 5.56 Å². The van der Waals surface area contributed by atoms with E-state index in [9.17, 15) is 29.2 Å². The lowest BCUT2D eigenvalue weighted by molar-refractivity contribution is -0.149. The normalized spacial score (nSPS) is 25.0. The molecule has 1 aliphatic rings. The van der Waals surface area contributed by atoms with Crippen LogP contribution in [0.5, 0.6) is 5.75 Å². The van der Waals surface area contributed by atoms with Crippen molar-refractivity contribution in [3.63, 3.8) is 0 Å². The summed E-state index contributed by atoms with van der Waals surface area (Å²) in [6.07, 6.45) is 2.04. The molecule has 1 saturated heterocycles. The Morgan fingerprint density at radius 1 is 1.31 bits per heavy atom. The minimum atomic E-state index is -4.35. The summed E-state index contributed by atoms with van der Waals surface area (Å²) in [5.74, 6) is 1.52. The summed E-state index contributed by atoms with van der Waals surface area (Å²) in [5, 5.41) is 24.4. The van der Waals surface area contributed by atoms with Crippen molar-refractivity contribution in [3.05, 3.63) is 63.4 Å². The van der Waals surface area contributed by atoms with Gasteiger partial charge in [0.15, 0.2) is 11.8 Å². The minimum Gasteiger partial charge on any atom is -0.462 e. The third-order valence-corrected chi connectivity index (χ3v) is 7.29. The van der Waals surface area contributed by atoms with Crippen molar-refractivity contribution in [3.8, 4) is 18.1 Å². The maximum atomic E-state index is 13.9. The average Bonchev–Trinajstić information content (AvgIpc) is 3.13. The highest BCUT2D eigenvalue weighted by Gasteiger charge is 2.56. The molecule has 4 N–H and O–H groups in total. The summed E-state index contributed by atoms with van der Waals surface area (Å²) in [5.41, 5.74) is -4.05. The Bertz CT molecular complexity index is 1340. The van der Waals surface area contributed by atoms with Gasteiger partial charge in [-0.25, -0.2) is 9.36 Å². The van der Waals surface area contributed by atoms with Crippen molar-refractivity contribution in [2.24, 2.45) is 0 Å². The summed E-state index contributed by atoms with van der Waals surface area (Å²) in [6, 6.07) is 7.99. The third-order valence-electron chi connectivity index (χ3n) is 5.72. The molecular formula is C25H32N3O10P. The Kier molecular flexibility index (Phi) is 9.90. The number of ether oxygens (including phenoxy) is 2. The molecule has 1 aliphatic heterocycles. The fraction of sp³-hybridized carbons (Fsp3) is 0.480. The number of rotatable bonds is 12. The van der Waals surface area contributed by atoms with E-state index >= 15 is 0 Å². The lowest BCUT2D eigenvalue weighted by atomic mass is 9.95. The molecule has 1 aromatic carbocycles. The number of benzene rings is 1. The van der Waals surface area contributed by atoms with E-state index in [1.165, 1.54) is 12.1 Å². The van der Waals surface area contributed by atoms with Gasteiger partial charge in [0.1, 0.15) is 24.0 Å². The highest BCUT2D eigenvalue weighted by Crippen LogP contribution is 2.47. The second-order valence-corrected chi connectivity index (χ2v) is 10.8. The number of carbonyl (C=O) groups is 1. The zero-order chi connectivity index (χ0) is 28.8. The quantitative estimate of drug-likeness (QED) is 0.164. The van der Waals surface area contributed by atoms with Crippen molar-refractivity contribution < 1.29 is 38.1 Å². The van der Waals surface area contributed by atoms with Gasteiger partial charge in [-0.1, -0.05) is 37.5 Å². The maximum absolute atomic E-state index is 13.9. The molecule has 0 saturated carbocycles. The topological polar surface area (TPSA) is 178 Å². The maximum Gasteiger partial charge on any atom is 0.459 e. The molecule has 6 atom stereocenters. The molecule has 14 heteroatoms. The number of hydrogen-bond acceptors (Lipinski definition) is 10. The first kappa shape index (κ1) is 30.3. The average molecular weight is 566 g/mol. The van der Waals surface area contributed by atoms with E-state index in [1.807, 2.05) is 17.8 Å². The van der Waals surface area contributed by atoms with Gasteiger partial charge in [0.05, 0.1) is 12.7 Å². The molecule has 0 amide bonds. The Hall–Kier alpha value is -3.24. The summed E-state index contributed by atoms with van der Waals surface area (Å²) < 4.78 is 36.9. The molecule has 3 rings (SSSR count). The molecule has 2 unspecified atom stereocenters. The number of hydrogen-bond donors (Lipinski definition) is 4. The first-order chi connectivity index (χ1) is 18.4. The van der Waals surface area contributed by atoms with Crippen LogP contribution in [0.25, 0.3) is 0 Å². The fourth-order valence-corrected chi connectivity index (χ4v) is 5.40. The number of aliphatic hydroxyl groups excluding tert-OH is 1. The number of para-hydroxylation sites is 1. The molecule has 212 valence electrons. The highest BCUT2D eigenvalue weighted by atomic mass is 31.2. The Balaban J connectivity index is 1.87. The first-order valence-electron chi connectivity index (χ1n) is 12.2. The number of esters is 1. The van der Waals surface area contributed by atoms with Crippen LogP contribution < -0.4 is 20.9 Å². The SMILES string of the molecule is C#C[C@]1(O)C(n2ccc(=O)[nH]c2=O)O[C@H](COP(=O)(N[C@@H](CCC)C(=O)OC(C)C)Oc2ccccc2)[C@H]1O. The standard InChI is InChI=1S/C25H32N3O10P/c1-5-10-18(22(31)36-16(3)4)27-39(34,38-17-11-8-7-9-12-17)35-15-19-21(30)25(33,6-2)23(37-19)28-14-13-20(29)26-24(28)32/h2,7-9,11-14,16,18-19,21,23,30,33H,5,10,15H2,1,3-4H3,(H,27,34)(H,26,29,32)/t18-,19+,21+,23?,25+,39?/m0/s1. The second kappa shape index (κ2) is 12.7. The molecule has 0 bridgehead atoms. The number of terminal acetylenes is 1. The Labute approximate surface area is 224 Å². The number of nitrogens with one attached hydrogen (secondary N) is 2. The zero-order valence-electron chi connectivity index (χ0n) is 21.7. The van der Waals surface area contributed by atoms with Crippen molar-refractivity contribution in [1.29, 1.82) is 0 Å². The lowest BCUT2D eigenvalue weighted by Gasteiger charge is -2.27. The van der Waals surface area contributed by atoms with Crippen LogP contribution in [-0.2, 0) is 23.4 Å². The van der Waals surface area contributed by atoms with Crippen LogP contribution in [-0.4, -0.2) is 62.3 Å². The van der Waals surface area contributed by atoms with Crippen LogP contribution in [0.1, 0.15) is 39.8 Å². The molecule has 13 nitrogen and oxygen atoms in total. The van der Waals surface area contributed by atoms with Gasteiger partial charge in [0.2, 0.25) is 0 Å². The highest BCUT2D eigenvalue weighted by molar-refractivity contribution is 7.52. The van der Waals surface area contributed by atoms with Gasteiger partial charge >= 0.3 is 19.4 Å². The summed E-state index contributed by atoms with van der Waals surface area (Å²) in [7, 11) is -4.35. The van der Waals surface area contributed by atoms with Gasteiger partial charge in [-0.2, -0.15) is 5.09 Å². The lowest BCUT2D eigenvalue weighted by Crippen LogP contribution is -2.48. The van der Waals surface area contributed by atoms with E-state index < -0.39 is 67.8 Å². The number of nitrogens with zero attached hydrogens (tertiary/aromatic N) is 1. The largest absolute Gasteiger partial charge is 0.462 e. The van der Waals surface area contributed by atoms with E-state index in [1.54, 1.807) is 32.0 Å². The molecule has 0 aliphatic carbocycles. The van der Waals surface area contributed by atoms with Gasteiger partial charge in [0, 0.05) is 12.3 Å². The van der Waals surface area contributed by atoms with E-state index in [-0.39, 0.29) is 12.2 Å². The molecule has 0 radical (unpaired) electrons. The van der Waals surface area contributed by atoms with E-state index in [4.69, 9.17) is 24.9 Å². The van der Waals surface area contributed by atoms with Crippen LogP contribution in [0.3, 0.4) is 0 Å². The number of aliphatic hydroxyl groups is 2. The molecule has 1 fully saturated rings. The number of H-pyrrole nitrogens is 1. The molecule has 0 spiro atoms. The smallest absolute Gasteiger partial charge is 0.459 e. The summed E-state index contributed by atoms with van der Waals surface area (Å²) in [6.45, 7) is 4.53. The third kappa shape index (κ3) is 7.24. The van der Waals surface area contributed by atoms with Gasteiger partial charge in [-0.3, -0.25) is 23.7 Å². The molecule has 1 aromatic heterocycles.